The molecule has 0 aliphatic rings. The third kappa shape index (κ3) is 6.26. The van der Waals surface area contributed by atoms with E-state index in [2.05, 4.69) is 5.32 Å². The van der Waals surface area contributed by atoms with Crippen LogP contribution < -0.4 is 10.1 Å². The van der Waals surface area contributed by atoms with Gasteiger partial charge in [-0.2, -0.15) is 0 Å². The number of aryl methyl sites for hydroxylation is 1. The van der Waals surface area contributed by atoms with Crippen molar-refractivity contribution in [2.45, 2.75) is 26.1 Å². The predicted octanol–water partition coefficient (Wildman–Crippen LogP) is 0.705. The average molecular weight is 239 g/mol. The zero-order valence-electron chi connectivity index (χ0n) is 10.4. The number of ether oxygens (including phenoxy) is 1. The van der Waals surface area contributed by atoms with E-state index in [0.717, 1.165) is 11.3 Å². The van der Waals surface area contributed by atoms with E-state index < -0.39 is 12.2 Å². The molecule has 0 amide bonds. The number of rotatable bonds is 7. The number of hydrogen-bond acceptors (Lipinski definition) is 4. The van der Waals surface area contributed by atoms with Gasteiger partial charge in [0.25, 0.3) is 0 Å². The number of aliphatic hydroxyl groups excluding tert-OH is 2. The van der Waals surface area contributed by atoms with E-state index in [1.165, 1.54) is 0 Å². The Bertz CT molecular complexity index is 328. The number of benzene rings is 1. The van der Waals surface area contributed by atoms with Gasteiger partial charge in [-0.15, -0.1) is 0 Å². The Morgan fingerprint density at radius 2 is 2.06 bits per heavy atom. The van der Waals surface area contributed by atoms with Gasteiger partial charge in [0, 0.05) is 13.1 Å². The molecule has 0 fully saturated rings. The van der Waals surface area contributed by atoms with Gasteiger partial charge in [0.1, 0.15) is 18.5 Å². The van der Waals surface area contributed by atoms with Crippen molar-refractivity contribution in [3.63, 3.8) is 0 Å². The van der Waals surface area contributed by atoms with Crippen molar-refractivity contribution in [1.29, 1.82) is 0 Å². The molecule has 4 nitrogen and oxygen atoms in total. The molecule has 3 N–H and O–H groups in total. The summed E-state index contributed by atoms with van der Waals surface area (Å²) in [6.45, 7) is 4.82. The Labute approximate surface area is 102 Å². The topological polar surface area (TPSA) is 61.7 Å². The molecule has 1 rings (SSSR count). The highest BCUT2D eigenvalue weighted by Crippen LogP contribution is 2.12. The van der Waals surface area contributed by atoms with Crippen LogP contribution in [0.3, 0.4) is 0 Å². The lowest BCUT2D eigenvalue weighted by Crippen LogP contribution is -2.35. The van der Waals surface area contributed by atoms with Crippen LogP contribution in [0.1, 0.15) is 12.5 Å². The fourth-order valence-corrected chi connectivity index (χ4v) is 1.42. The lowest BCUT2D eigenvalue weighted by Gasteiger charge is -2.14. The molecule has 17 heavy (non-hydrogen) atoms. The summed E-state index contributed by atoms with van der Waals surface area (Å²) in [7, 11) is 0. The first-order valence-corrected chi connectivity index (χ1v) is 5.84. The average Bonchev–Trinajstić information content (AvgIpc) is 2.26. The molecule has 0 heterocycles. The van der Waals surface area contributed by atoms with E-state index in [1.807, 2.05) is 31.2 Å². The van der Waals surface area contributed by atoms with E-state index in [1.54, 1.807) is 6.92 Å². The molecule has 2 unspecified atom stereocenters. The maximum Gasteiger partial charge on any atom is 0.119 e. The summed E-state index contributed by atoms with van der Waals surface area (Å²) in [6, 6.07) is 7.70. The van der Waals surface area contributed by atoms with Crippen molar-refractivity contribution in [3.05, 3.63) is 29.8 Å². The summed E-state index contributed by atoms with van der Waals surface area (Å²) in [6.07, 6.45) is -0.978. The van der Waals surface area contributed by atoms with E-state index in [0.29, 0.717) is 13.1 Å². The van der Waals surface area contributed by atoms with Crippen LogP contribution in [0, 0.1) is 6.92 Å². The number of nitrogens with one attached hydrogen (secondary N) is 1. The second kappa shape index (κ2) is 7.27. The van der Waals surface area contributed by atoms with Crippen molar-refractivity contribution < 1.29 is 14.9 Å². The van der Waals surface area contributed by atoms with Crippen LogP contribution in [0.2, 0.25) is 0 Å². The first-order valence-electron chi connectivity index (χ1n) is 5.84. The molecule has 0 spiro atoms. The molecule has 1 aromatic carbocycles. The number of hydrogen-bond donors (Lipinski definition) is 3. The monoisotopic (exact) mass is 239 g/mol. The number of aliphatic hydroxyl groups is 2. The first-order chi connectivity index (χ1) is 8.08. The smallest absolute Gasteiger partial charge is 0.119 e. The fourth-order valence-electron chi connectivity index (χ4n) is 1.42. The Balaban J connectivity index is 2.21. The molecule has 0 aromatic heterocycles. The Morgan fingerprint density at radius 3 is 2.71 bits per heavy atom. The fraction of sp³-hybridized carbons (Fsp3) is 0.538. The van der Waals surface area contributed by atoms with Crippen LogP contribution >= 0.6 is 0 Å². The minimum atomic E-state index is -0.575. The molecule has 0 aliphatic carbocycles. The third-order valence-corrected chi connectivity index (χ3v) is 2.25. The van der Waals surface area contributed by atoms with E-state index in [4.69, 9.17) is 9.84 Å². The molecule has 4 heteroatoms. The van der Waals surface area contributed by atoms with Crippen molar-refractivity contribution in [1.82, 2.24) is 5.32 Å². The van der Waals surface area contributed by atoms with Crippen molar-refractivity contribution in [2.24, 2.45) is 0 Å². The maximum absolute atomic E-state index is 9.62. The molecule has 0 bridgehead atoms. The maximum atomic E-state index is 9.62. The Hall–Kier alpha value is -1.10. The van der Waals surface area contributed by atoms with Gasteiger partial charge in [0.15, 0.2) is 0 Å². The highest BCUT2D eigenvalue weighted by Gasteiger charge is 2.05. The summed E-state index contributed by atoms with van der Waals surface area (Å²) >= 11 is 0. The second-order valence-electron chi connectivity index (χ2n) is 4.29. The highest BCUT2D eigenvalue weighted by molar-refractivity contribution is 5.27. The Morgan fingerprint density at radius 1 is 1.29 bits per heavy atom. The molecule has 0 radical (unpaired) electrons. The Kier molecular flexibility index (Phi) is 5.97. The summed E-state index contributed by atoms with van der Waals surface area (Å²) in [5, 5.41) is 21.6. The molecular weight excluding hydrogens is 218 g/mol. The summed E-state index contributed by atoms with van der Waals surface area (Å²) < 4.78 is 5.45. The van der Waals surface area contributed by atoms with Gasteiger partial charge in [0.05, 0.1) is 6.10 Å². The third-order valence-electron chi connectivity index (χ3n) is 2.25. The van der Waals surface area contributed by atoms with E-state index >= 15 is 0 Å². The molecule has 2 atom stereocenters. The zero-order valence-corrected chi connectivity index (χ0v) is 10.4. The van der Waals surface area contributed by atoms with Gasteiger partial charge >= 0.3 is 0 Å². The lowest BCUT2D eigenvalue weighted by molar-refractivity contribution is 0.101. The molecule has 0 saturated heterocycles. The molecule has 96 valence electrons. The van der Waals surface area contributed by atoms with Gasteiger partial charge < -0.3 is 20.3 Å². The van der Waals surface area contributed by atoms with Crippen LogP contribution in [0.4, 0.5) is 0 Å². The van der Waals surface area contributed by atoms with Crippen LogP contribution in [0.5, 0.6) is 5.75 Å². The van der Waals surface area contributed by atoms with Crippen LogP contribution in [0.25, 0.3) is 0 Å². The van der Waals surface area contributed by atoms with Gasteiger partial charge in [-0.25, -0.2) is 0 Å². The standard InChI is InChI=1S/C13H21NO3/c1-10-4-3-5-13(6-10)17-9-12(16)8-14-7-11(2)15/h3-6,11-12,14-16H,7-9H2,1-2H3. The van der Waals surface area contributed by atoms with Crippen molar-refractivity contribution in [3.8, 4) is 5.75 Å². The van der Waals surface area contributed by atoms with Gasteiger partial charge in [-0.05, 0) is 31.5 Å². The normalized spacial score (nSPS) is 14.4. The largest absolute Gasteiger partial charge is 0.491 e. The van der Waals surface area contributed by atoms with E-state index in [-0.39, 0.29) is 6.61 Å². The predicted molar refractivity (Wildman–Crippen MR) is 67.2 cm³/mol. The lowest BCUT2D eigenvalue weighted by atomic mass is 10.2. The van der Waals surface area contributed by atoms with Crippen molar-refractivity contribution in [2.75, 3.05) is 19.7 Å². The van der Waals surface area contributed by atoms with Crippen LogP contribution in [0.15, 0.2) is 24.3 Å². The SMILES string of the molecule is Cc1cccc(OCC(O)CNCC(C)O)c1. The second-order valence-corrected chi connectivity index (χ2v) is 4.29. The van der Waals surface area contributed by atoms with Crippen molar-refractivity contribution >= 4 is 0 Å². The highest BCUT2D eigenvalue weighted by atomic mass is 16.5. The van der Waals surface area contributed by atoms with Crippen LogP contribution in [-0.2, 0) is 0 Å². The summed E-state index contributed by atoms with van der Waals surface area (Å²) in [5.74, 6) is 0.763. The quantitative estimate of drug-likeness (QED) is 0.655. The van der Waals surface area contributed by atoms with Gasteiger partial charge in [-0.1, -0.05) is 12.1 Å². The molecule has 1 aromatic rings. The summed E-state index contributed by atoms with van der Waals surface area (Å²) in [5.41, 5.74) is 1.13. The minimum absolute atomic E-state index is 0.246. The molecule has 0 aliphatic heterocycles. The molecule has 0 saturated carbocycles. The van der Waals surface area contributed by atoms with Crippen LogP contribution in [-0.4, -0.2) is 42.1 Å². The van der Waals surface area contributed by atoms with Gasteiger partial charge in [0.2, 0.25) is 0 Å². The van der Waals surface area contributed by atoms with Gasteiger partial charge in [-0.3, -0.25) is 0 Å². The van der Waals surface area contributed by atoms with E-state index in [9.17, 15) is 5.11 Å². The minimum Gasteiger partial charge on any atom is -0.491 e. The molecular formula is C13H21NO3. The summed E-state index contributed by atoms with van der Waals surface area (Å²) in [4.78, 5) is 0. The first kappa shape index (κ1) is 14.0. The zero-order chi connectivity index (χ0) is 12.7.